The van der Waals surface area contributed by atoms with E-state index in [0.717, 1.165) is 28.7 Å². The predicted molar refractivity (Wildman–Crippen MR) is 125 cm³/mol. The smallest absolute Gasteiger partial charge is 0.311 e. The molecule has 0 atom stereocenters. The van der Waals surface area contributed by atoms with Gasteiger partial charge in [-0.05, 0) is 54.3 Å². The Hall–Kier alpha value is -4.00. The van der Waals surface area contributed by atoms with Crippen LogP contribution in [0, 0.1) is 5.82 Å². The highest BCUT2D eigenvalue weighted by Gasteiger charge is 2.24. The van der Waals surface area contributed by atoms with Crippen molar-refractivity contribution in [3.63, 3.8) is 0 Å². The fraction of sp³-hybridized carbons (Fsp3) is 0.192. The van der Waals surface area contributed by atoms with Gasteiger partial charge in [-0.2, -0.15) is 0 Å². The lowest BCUT2D eigenvalue weighted by atomic mass is 10.0. The van der Waals surface area contributed by atoms with E-state index in [2.05, 4.69) is 0 Å². The quantitative estimate of drug-likeness (QED) is 0.486. The lowest BCUT2D eigenvalue weighted by Crippen LogP contribution is -2.44. The second-order valence-corrected chi connectivity index (χ2v) is 8.18. The summed E-state index contributed by atoms with van der Waals surface area (Å²) in [5.74, 6) is -0.601. The molecule has 0 radical (unpaired) electrons. The summed E-state index contributed by atoms with van der Waals surface area (Å²) in [7, 11) is 0. The summed E-state index contributed by atoms with van der Waals surface area (Å²) in [6, 6.07) is 20.2. The zero-order valence-electron chi connectivity index (χ0n) is 17.9. The molecule has 1 amide bonds. The highest BCUT2D eigenvalue weighted by Crippen LogP contribution is 2.27. The first kappa shape index (κ1) is 20.9. The fourth-order valence-electron chi connectivity index (χ4n) is 4.45. The van der Waals surface area contributed by atoms with Crippen molar-refractivity contribution in [2.75, 3.05) is 11.4 Å². The first-order valence-electron chi connectivity index (χ1n) is 10.9. The number of hydrogen-bond acceptors (Lipinski definition) is 3. The summed E-state index contributed by atoms with van der Waals surface area (Å²) in [6.07, 6.45) is 1.76. The van der Waals surface area contributed by atoms with Crippen LogP contribution in [0.2, 0.25) is 0 Å². The molecule has 5 rings (SSSR count). The summed E-state index contributed by atoms with van der Waals surface area (Å²) in [5, 5.41) is 0.353. The third-order valence-electron chi connectivity index (χ3n) is 6.09. The molecule has 0 N–H and O–H groups in total. The number of nitrogens with zero attached hydrogens (tertiary/aromatic N) is 3. The van der Waals surface area contributed by atoms with Crippen LogP contribution in [0.4, 0.5) is 10.1 Å². The van der Waals surface area contributed by atoms with E-state index in [1.165, 1.54) is 28.8 Å². The van der Waals surface area contributed by atoms with Crippen LogP contribution < -0.4 is 16.1 Å². The number of carbonyl (C=O) groups is 1. The lowest BCUT2D eigenvalue weighted by molar-refractivity contribution is -0.119. The maximum Gasteiger partial charge on any atom is 0.332 e. The second kappa shape index (κ2) is 8.50. The number of anilines is 1. The first-order chi connectivity index (χ1) is 16.0. The van der Waals surface area contributed by atoms with Gasteiger partial charge < -0.3 is 4.90 Å². The minimum absolute atomic E-state index is 0.0104. The Morgan fingerprint density at radius 1 is 0.879 bits per heavy atom. The van der Waals surface area contributed by atoms with Gasteiger partial charge in [-0.25, -0.2) is 9.18 Å². The molecule has 2 heterocycles. The van der Waals surface area contributed by atoms with E-state index in [9.17, 15) is 18.8 Å². The van der Waals surface area contributed by atoms with Crippen molar-refractivity contribution >= 4 is 22.5 Å². The SMILES string of the molecule is O=C(Cn1c(=O)n(Cc2ccc(F)cc2)c(=O)c2ccccc21)N1CCCc2ccccc21. The van der Waals surface area contributed by atoms with E-state index < -0.39 is 17.1 Å². The van der Waals surface area contributed by atoms with E-state index in [-0.39, 0.29) is 19.0 Å². The molecule has 7 heteroatoms. The second-order valence-electron chi connectivity index (χ2n) is 8.18. The van der Waals surface area contributed by atoms with Gasteiger partial charge in [0.05, 0.1) is 17.4 Å². The van der Waals surface area contributed by atoms with Gasteiger partial charge in [0.25, 0.3) is 5.56 Å². The summed E-state index contributed by atoms with van der Waals surface area (Å²) < 4.78 is 15.8. The van der Waals surface area contributed by atoms with E-state index in [4.69, 9.17) is 0 Å². The monoisotopic (exact) mass is 443 g/mol. The van der Waals surface area contributed by atoms with Crippen molar-refractivity contribution in [3.05, 3.63) is 111 Å². The van der Waals surface area contributed by atoms with Gasteiger partial charge in [-0.15, -0.1) is 0 Å². The van der Waals surface area contributed by atoms with E-state index in [1.807, 2.05) is 24.3 Å². The molecule has 0 saturated carbocycles. The Labute approximate surface area is 189 Å². The van der Waals surface area contributed by atoms with E-state index in [0.29, 0.717) is 23.0 Å². The summed E-state index contributed by atoms with van der Waals surface area (Å²) in [5.41, 5.74) is 2.00. The number of aromatic nitrogens is 2. The van der Waals surface area contributed by atoms with Crippen molar-refractivity contribution < 1.29 is 9.18 Å². The highest BCUT2D eigenvalue weighted by atomic mass is 19.1. The fourth-order valence-corrected chi connectivity index (χ4v) is 4.45. The van der Waals surface area contributed by atoms with Crippen LogP contribution in [0.3, 0.4) is 0 Å². The maximum atomic E-state index is 13.4. The van der Waals surface area contributed by atoms with Crippen molar-refractivity contribution in [1.29, 1.82) is 0 Å². The number of benzene rings is 3. The van der Waals surface area contributed by atoms with Crippen molar-refractivity contribution in [2.24, 2.45) is 0 Å². The molecule has 1 aliphatic rings. The van der Waals surface area contributed by atoms with Crippen LogP contribution in [-0.2, 0) is 24.3 Å². The van der Waals surface area contributed by atoms with Gasteiger partial charge in [0.15, 0.2) is 0 Å². The predicted octanol–water partition coefficient (Wildman–Crippen LogP) is 3.33. The molecular weight excluding hydrogens is 421 g/mol. The number of amides is 1. The molecule has 4 aromatic rings. The zero-order valence-corrected chi connectivity index (χ0v) is 17.9. The van der Waals surface area contributed by atoms with E-state index in [1.54, 1.807) is 29.2 Å². The Balaban J connectivity index is 1.58. The number of rotatable bonds is 4. The normalized spacial score (nSPS) is 13.2. The number of carbonyl (C=O) groups excluding carboxylic acids is 1. The van der Waals surface area contributed by atoms with E-state index >= 15 is 0 Å². The Kier molecular flexibility index (Phi) is 5.38. The van der Waals surface area contributed by atoms with Gasteiger partial charge in [-0.3, -0.25) is 18.7 Å². The zero-order chi connectivity index (χ0) is 22.9. The van der Waals surface area contributed by atoms with Crippen LogP contribution in [-0.4, -0.2) is 21.6 Å². The Morgan fingerprint density at radius 2 is 1.61 bits per heavy atom. The van der Waals surface area contributed by atoms with Crippen molar-refractivity contribution in [3.8, 4) is 0 Å². The molecule has 3 aromatic carbocycles. The minimum Gasteiger partial charge on any atom is -0.311 e. The Bertz CT molecular complexity index is 1470. The molecule has 0 saturated heterocycles. The van der Waals surface area contributed by atoms with Crippen LogP contribution >= 0.6 is 0 Å². The topological polar surface area (TPSA) is 64.3 Å². The number of hydrogen-bond donors (Lipinski definition) is 0. The van der Waals surface area contributed by atoms with Gasteiger partial charge in [0, 0.05) is 12.2 Å². The van der Waals surface area contributed by atoms with Crippen LogP contribution in [0.15, 0.2) is 82.4 Å². The third-order valence-corrected chi connectivity index (χ3v) is 6.09. The molecule has 1 aliphatic heterocycles. The average Bonchev–Trinajstić information content (AvgIpc) is 2.85. The van der Waals surface area contributed by atoms with Crippen LogP contribution in [0.1, 0.15) is 17.5 Å². The van der Waals surface area contributed by atoms with Crippen molar-refractivity contribution in [1.82, 2.24) is 9.13 Å². The first-order valence-corrected chi connectivity index (χ1v) is 10.9. The standard InChI is InChI=1S/C26H22FN3O3/c27-20-13-11-18(12-14-20)16-30-25(32)21-8-2-4-10-23(21)29(26(30)33)17-24(31)28-15-5-7-19-6-1-3-9-22(19)28/h1-4,6,8-14H,5,7,15-17H2. The summed E-state index contributed by atoms with van der Waals surface area (Å²) in [6.45, 7) is 0.388. The number of aryl methyl sites for hydroxylation is 1. The Morgan fingerprint density at radius 3 is 2.42 bits per heavy atom. The number of fused-ring (bicyclic) bond motifs is 2. The minimum atomic E-state index is -0.568. The molecule has 166 valence electrons. The third kappa shape index (κ3) is 3.86. The highest BCUT2D eigenvalue weighted by molar-refractivity contribution is 5.95. The molecule has 0 fully saturated rings. The van der Waals surface area contributed by atoms with Crippen LogP contribution in [0.25, 0.3) is 10.9 Å². The molecule has 33 heavy (non-hydrogen) atoms. The van der Waals surface area contributed by atoms with Crippen molar-refractivity contribution in [2.45, 2.75) is 25.9 Å². The largest absolute Gasteiger partial charge is 0.332 e. The molecule has 0 spiro atoms. The summed E-state index contributed by atoms with van der Waals surface area (Å²) in [4.78, 5) is 41.6. The molecular formula is C26H22FN3O3. The number of halogens is 1. The molecule has 6 nitrogen and oxygen atoms in total. The number of para-hydroxylation sites is 2. The maximum absolute atomic E-state index is 13.4. The van der Waals surface area contributed by atoms with Gasteiger partial charge >= 0.3 is 5.69 Å². The lowest BCUT2D eigenvalue weighted by Gasteiger charge is -2.30. The molecule has 0 unspecified atom stereocenters. The van der Waals surface area contributed by atoms with Gasteiger partial charge in [-0.1, -0.05) is 42.5 Å². The van der Waals surface area contributed by atoms with Crippen LogP contribution in [0.5, 0.6) is 0 Å². The summed E-state index contributed by atoms with van der Waals surface area (Å²) >= 11 is 0. The average molecular weight is 443 g/mol. The molecule has 0 bridgehead atoms. The molecule has 0 aliphatic carbocycles. The van der Waals surface area contributed by atoms with Gasteiger partial charge in [0.1, 0.15) is 12.4 Å². The molecule has 1 aromatic heterocycles. The van der Waals surface area contributed by atoms with Gasteiger partial charge in [0.2, 0.25) is 5.91 Å².